The van der Waals surface area contributed by atoms with E-state index >= 15 is 0 Å². The van der Waals surface area contributed by atoms with E-state index in [0.717, 1.165) is 61.4 Å². The van der Waals surface area contributed by atoms with Crippen LogP contribution >= 0.6 is 0 Å². The third-order valence-electron chi connectivity index (χ3n) is 6.84. The van der Waals surface area contributed by atoms with E-state index in [4.69, 9.17) is 17.1 Å². The van der Waals surface area contributed by atoms with E-state index in [2.05, 4.69) is 23.8 Å². The Bertz CT molecular complexity index is 1000. The number of hydrogen-bond acceptors (Lipinski definition) is 5. The minimum atomic E-state index is -0.288. The number of nitrogens with zero attached hydrogens (tertiary/aromatic N) is 4. The van der Waals surface area contributed by atoms with E-state index < -0.39 is 0 Å². The second-order valence-corrected chi connectivity index (χ2v) is 9.27. The fourth-order valence-electron chi connectivity index (χ4n) is 4.75. The van der Waals surface area contributed by atoms with Crippen LogP contribution < -0.4 is 10.6 Å². The van der Waals surface area contributed by atoms with Crippen LogP contribution in [-0.4, -0.2) is 65.4 Å². The number of pyridine rings is 1. The first kappa shape index (κ1) is 19.9. The van der Waals surface area contributed by atoms with Gasteiger partial charge in [0.1, 0.15) is 0 Å². The maximum atomic E-state index is 12.5. The first-order chi connectivity index (χ1) is 15.0. The van der Waals surface area contributed by atoms with Crippen molar-refractivity contribution in [2.75, 3.05) is 43.4 Å². The van der Waals surface area contributed by atoms with Crippen molar-refractivity contribution in [3.63, 3.8) is 0 Å². The van der Waals surface area contributed by atoms with E-state index in [9.17, 15) is 9.59 Å². The average molecular weight is 420 g/mol. The molecule has 2 amide bonds. The van der Waals surface area contributed by atoms with Crippen molar-refractivity contribution in [2.45, 2.75) is 44.6 Å². The summed E-state index contributed by atoms with van der Waals surface area (Å²) in [6.45, 7) is 5.34. The lowest BCUT2D eigenvalue weighted by atomic mass is 10.0. The molecule has 162 valence electrons. The standard InChI is InChI=1S/C24H29N5O2/c1-3-21(30)27-9-8-18(14-27)19-12-20(25)23(26-22(19)16-4-5-16)28-10-11-29(15(2)13-28)24(31)17-6-7-17/h1,8,12,15-17H,4-7,9-11,13-14,25H2,2H3/t15-/m1/s1. The fraction of sp³-hybridized carbons (Fsp3) is 0.542. The molecule has 1 saturated heterocycles. The molecule has 7 nitrogen and oxygen atoms in total. The van der Waals surface area contributed by atoms with Crippen LogP contribution in [0.5, 0.6) is 0 Å². The van der Waals surface area contributed by atoms with Crippen LogP contribution in [0, 0.1) is 18.3 Å². The summed E-state index contributed by atoms with van der Waals surface area (Å²) in [5.74, 6) is 3.74. The molecule has 3 heterocycles. The minimum Gasteiger partial charge on any atom is -0.396 e. The molecule has 1 aromatic rings. The number of nitrogen functional groups attached to an aromatic ring is 1. The number of rotatable bonds is 4. The summed E-state index contributed by atoms with van der Waals surface area (Å²) in [6.07, 6.45) is 11.7. The molecule has 1 aromatic heterocycles. The number of piperazine rings is 1. The van der Waals surface area contributed by atoms with Crippen molar-refractivity contribution in [2.24, 2.45) is 5.92 Å². The fourth-order valence-corrected chi connectivity index (χ4v) is 4.75. The maximum Gasteiger partial charge on any atom is 0.298 e. The largest absolute Gasteiger partial charge is 0.396 e. The predicted octanol–water partition coefficient (Wildman–Crippen LogP) is 1.85. The molecule has 7 heteroatoms. The Morgan fingerprint density at radius 2 is 2.00 bits per heavy atom. The molecule has 0 radical (unpaired) electrons. The van der Waals surface area contributed by atoms with Gasteiger partial charge in [0, 0.05) is 56.2 Å². The Hall–Kier alpha value is -3.01. The van der Waals surface area contributed by atoms with Gasteiger partial charge in [-0.25, -0.2) is 4.98 Å². The van der Waals surface area contributed by atoms with Crippen molar-refractivity contribution in [1.29, 1.82) is 0 Å². The summed E-state index contributed by atoms with van der Waals surface area (Å²) < 4.78 is 0. The molecule has 5 rings (SSSR count). The number of carbonyl (C=O) groups excluding carboxylic acids is 2. The lowest BCUT2D eigenvalue weighted by molar-refractivity contribution is -0.135. The Morgan fingerprint density at radius 1 is 1.23 bits per heavy atom. The van der Waals surface area contributed by atoms with Crippen LogP contribution in [0.25, 0.3) is 5.57 Å². The van der Waals surface area contributed by atoms with E-state index in [1.807, 2.05) is 11.0 Å². The van der Waals surface area contributed by atoms with Gasteiger partial charge in [0.25, 0.3) is 5.91 Å². The SMILES string of the molecule is C#CC(=O)N1CC=C(c2cc(N)c(N3CCN(C(=O)C4CC4)[C@H](C)C3)nc2C2CC2)C1. The molecule has 2 aliphatic heterocycles. The van der Waals surface area contributed by atoms with E-state index in [1.165, 1.54) is 0 Å². The number of aromatic nitrogens is 1. The summed E-state index contributed by atoms with van der Waals surface area (Å²) in [7, 11) is 0. The van der Waals surface area contributed by atoms with Crippen molar-refractivity contribution in [3.8, 4) is 12.3 Å². The highest BCUT2D eigenvalue weighted by atomic mass is 16.2. The Labute approximate surface area is 183 Å². The Kier molecular flexibility index (Phi) is 4.88. The lowest BCUT2D eigenvalue weighted by Gasteiger charge is -2.41. The Balaban J connectivity index is 1.38. The predicted molar refractivity (Wildman–Crippen MR) is 120 cm³/mol. The molecule has 0 bridgehead atoms. The number of amides is 2. The topological polar surface area (TPSA) is 82.8 Å². The van der Waals surface area contributed by atoms with Gasteiger partial charge in [-0.15, -0.1) is 6.42 Å². The van der Waals surface area contributed by atoms with Gasteiger partial charge in [-0.3, -0.25) is 9.59 Å². The molecule has 2 aliphatic carbocycles. The lowest BCUT2D eigenvalue weighted by Crippen LogP contribution is -2.54. The quantitative estimate of drug-likeness (QED) is 0.753. The normalized spacial score (nSPS) is 23.5. The number of carbonyl (C=O) groups is 2. The second kappa shape index (κ2) is 7.60. The number of hydrogen-bond donors (Lipinski definition) is 1. The number of anilines is 2. The highest BCUT2D eigenvalue weighted by Gasteiger charge is 2.38. The van der Waals surface area contributed by atoms with Crippen LogP contribution in [-0.2, 0) is 9.59 Å². The molecule has 4 aliphatic rings. The molecular formula is C24H29N5O2. The molecule has 0 spiro atoms. The molecule has 31 heavy (non-hydrogen) atoms. The summed E-state index contributed by atoms with van der Waals surface area (Å²) in [5, 5.41) is 0. The Morgan fingerprint density at radius 3 is 2.65 bits per heavy atom. The first-order valence-corrected chi connectivity index (χ1v) is 11.3. The third-order valence-corrected chi connectivity index (χ3v) is 6.84. The van der Waals surface area contributed by atoms with Crippen LogP contribution in [0.15, 0.2) is 12.1 Å². The van der Waals surface area contributed by atoms with Gasteiger partial charge in [0.15, 0.2) is 5.82 Å². The van der Waals surface area contributed by atoms with Gasteiger partial charge in [-0.05, 0) is 50.2 Å². The van der Waals surface area contributed by atoms with Gasteiger partial charge in [-0.2, -0.15) is 0 Å². The van der Waals surface area contributed by atoms with Crippen LogP contribution in [0.1, 0.15) is 49.8 Å². The molecule has 0 unspecified atom stereocenters. The van der Waals surface area contributed by atoms with Gasteiger partial charge in [0.2, 0.25) is 5.91 Å². The molecule has 2 N–H and O–H groups in total. The summed E-state index contributed by atoms with van der Waals surface area (Å²) in [5.41, 5.74) is 10.4. The highest BCUT2D eigenvalue weighted by Crippen LogP contribution is 2.45. The van der Waals surface area contributed by atoms with E-state index in [0.29, 0.717) is 37.1 Å². The van der Waals surface area contributed by atoms with Crippen molar-refractivity contribution in [3.05, 3.63) is 23.4 Å². The summed E-state index contributed by atoms with van der Waals surface area (Å²) in [6, 6.07) is 2.17. The van der Waals surface area contributed by atoms with E-state index in [-0.39, 0.29) is 17.9 Å². The van der Waals surface area contributed by atoms with Crippen molar-refractivity contribution in [1.82, 2.24) is 14.8 Å². The van der Waals surface area contributed by atoms with Gasteiger partial charge in [0.05, 0.1) is 11.4 Å². The molecule has 1 atom stereocenters. The van der Waals surface area contributed by atoms with Crippen LogP contribution in [0.3, 0.4) is 0 Å². The monoisotopic (exact) mass is 419 g/mol. The number of terminal acetylenes is 1. The van der Waals surface area contributed by atoms with Gasteiger partial charge in [-0.1, -0.05) is 6.08 Å². The molecule has 0 aromatic carbocycles. The summed E-state index contributed by atoms with van der Waals surface area (Å²) in [4.78, 5) is 35.4. The zero-order valence-corrected chi connectivity index (χ0v) is 18.0. The third kappa shape index (κ3) is 3.76. The second-order valence-electron chi connectivity index (χ2n) is 9.27. The molecular weight excluding hydrogens is 390 g/mol. The number of nitrogens with two attached hydrogens (primary N) is 1. The molecule has 3 fully saturated rings. The summed E-state index contributed by atoms with van der Waals surface area (Å²) >= 11 is 0. The van der Waals surface area contributed by atoms with E-state index in [1.54, 1.807) is 4.90 Å². The first-order valence-electron chi connectivity index (χ1n) is 11.3. The van der Waals surface area contributed by atoms with Crippen LogP contribution in [0.4, 0.5) is 11.5 Å². The minimum absolute atomic E-state index is 0.146. The molecule has 2 saturated carbocycles. The van der Waals surface area contributed by atoms with Crippen LogP contribution in [0.2, 0.25) is 0 Å². The average Bonchev–Trinajstić information content (AvgIpc) is 3.70. The highest BCUT2D eigenvalue weighted by molar-refractivity contribution is 5.95. The smallest absolute Gasteiger partial charge is 0.298 e. The zero-order chi connectivity index (χ0) is 21.7. The van der Waals surface area contributed by atoms with Crippen molar-refractivity contribution < 1.29 is 9.59 Å². The van der Waals surface area contributed by atoms with Gasteiger partial charge < -0.3 is 20.4 Å². The maximum absolute atomic E-state index is 12.5. The van der Waals surface area contributed by atoms with Gasteiger partial charge >= 0.3 is 0 Å². The zero-order valence-electron chi connectivity index (χ0n) is 18.0. The van der Waals surface area contributed by atoms with Crippen molar-refractivity contribution >= 4 is 28.9 Å².